The summed E-state index contributed by atoms with van der Waals surface area (Å²) in [6.07, 6.45) is 4.04. The molecule has 2 N–H and O–H groups in total. The molecule has 0 bridgehead atoms. The second-order valence-corrected chi connectivity index (χ2v) is 7.64. The minimum Gasteiger partial charge on any atom is -0.368 e. The van der Waals surface area contributed by atoms with E-state index in [1.54, 1.807) is 0 Å². The van der Waals surface area contributed by atoms with Gasteiger partial charge in [-0.3, -0.25) is 0 Å². The summed E-state index contributed by atoms with van der Waals surface area (Å²) in [5.74, 6) is 1.34. The number of rotatable bonds is 4. The quantitative estimate of drug-likeness (QED) is 0.852. The molecule has 0 aromatic carbocycles. The lowest BCUT2D eigenvalue weighted by atomic mass is 9.83. The molecule has 2 heterocycles. The predicted octanol–water partition coefficient (Wildman–Crippen LogP) is 2.64. The van der Waals surface area contributed by atoms with Crippen molar-refractivity contribution in [2.24, 2.45) is 17.6 Å². The molecule has 3 atom stereocenters. The number of hydrogen-bond acceptors (Lipinski definition) is 3. The first kappa shape index (κ1) is 15.3. The van der Waals surface area contributed by atoms with Crippen molar-refractivity contribution in [2.75, 3.05) is 19.6 Å². The summed E-state index contributed by atoms with van der Waals surface area (Å²) in [5, 5.41) is 0. The van der Waals surface area contributed by atoms with Crippen molar-refractivity contribution in [1.82, 2.24) is 4.90 Å². The highest BCUT2D eigenvalue weighted by atomic mass is 16.5. The van der Waals surface area contributed by atoms with Crippen LogP contribution in [0.1, 0.15) is 53.9 Å². The summed E-state index contributed by atoms with van der Waals surface area (Å²) < 4.78 is 6.19. The summed E-state index contributed by atoms with van der Waals surface area (Å²) in [4.78, 5) is 2.61. The molecule has 0 aromatic heterocycles. The Hall–Kier alpha value is -0.120. The molecular weight excluding hydrogens is 236 g/mol. The Balaban J connectivity index is 1.96. The van der Waals surface area contributed by atoms with Gasteiger partial charge in [0.05, 0.1) is 11.2 Å². The summed E-state index contributed by atoms with van der Waals surface area (Å²) in [6.45, 7) is 14.5. The normalized spacial score (nSPS) is 37.9. The van der Waals surface area contributed by atoms with E-state index in [4.69, 9.17) is 10.5 Å². The molecule has 2 fully saturated rings. The molecule has 2 aliphatic rings. The summed E-state index contributed by atoms with van der Waals surface area (Å²) in [7, 11) is 0. The van der Waals surface area contributed by atoms with E-state index < -0.39 is 0 Å². The third-order valence-corrected chi connectivity index (χ3v) is 5.18. The van der Waals surface area contributed by atoms with Crippen molar-refractivity contribution in [3.63, 3.8) is 0 Å². The number of nitrogens with two attached hydrogens (primary N) is 1. The van der Waals surface area contributed by atoms with Gasteiger partial charge >= 0.3 is 0 Å². The molecule has 0 amide bonds. The Bertz CT molecular complexity index is 314. The first-order valence-corrected chi connectivity index (χ1v) is 7.94. The van der Waals surface area contributed by atoms with Gasteiger partial charge in [-0.2, -0.15) is 0 Å². The van der Waals surface area contributed by atoms with E-state index >= 15 is 0 Å². The molecule has 0 saturated carbocycles. The fourth-order valence-electron chi connectivity index (χ4n) is 4.07. The predicted molar refractivity (Wildman–Crippen MR) is 80.2 cm³/mol. The Kier molecular flexibility index (Phi) is 4.29. The van der Waals surface area contributed by atoms with Crippen LogP contribution in [0.5, 0.6) is 0 Å². The van der Waals surface area contributed by atoms with Crippen LogP contribution in [0, 0.1) is 11.8 Å². The molecule has 3 heteroatoms. The monoisotopic (exact) mass is 268 g/mol. The zero-order valence-electron chi connectivity index (χ0n) is 13.4. The van der Waals surface area contributed by atoms with Crippen molar-refractivity contribution in [3.8, 4) is 0 Å². The molecule has 3 nitrogen and oxygen atoms in total. The van der Waals surface area contributed by atoms with Gasteiger partial charge in [-0.15, -0.1) is 0 Å². The minimum absolute atomic E-state index is 0.105. The summed E-state index contributed by atoms with van der Waals surface area (Å²) in [5.41, 5.74) is 6.15. The third kappa shape index (κ3) is 3.14. The maximum Gasteiger partial charge on any atom is 0.0788 e. The molecule has 2 rings (SSSR count). The lowest BCUT2D eigenvalue weighted by Gasteiger charge is -2.31. The van der Waals surface area contributed by atoms with Gasteiger partial charge in [0.25, 0.3) is 0 Å². The van der Waals surface area contributed by atoms with Crippen LogP contribution in [0.15, 0.2) is 0 Å². The summed E-state index contributed by atoms with van der Waals surface area (Å²) >= 11 is 0. The topological polar surface area (TPSA) is 38.5 Å². The molecule has 3 unspecified atom stereocenters. The third-order valence-electron chi connectivity index (χ3n) is 5.18. The number of nitrogens with zero attached hydrogens (tertiary/aromatic N) is 1. The van der Waals surface area contributed by atoms with Gasteiger partial charge in [0.15, 0.2) is 0 Å². The second-order valence-electron chi connectivity index (χ2n) is 7.64. The first-order chi connectivity index (χ1) is 8.76. The van der Waals surface area contributed by atoms with Crippen LogP contribution in [0.25, 0.3) is 0 Å². The average molecular weight is 268 g/mol. The van der Waals surface area contributed by atoms with Crippen LogP contribution >= 0.6 is 0 Å². The highest BCUT2D eigenvalue weighted by Gasteiger charge is 2.52. The van der Waals surface area contributed by atoms with Crippen LogP contribution in [-0.4, -0.2) is 41.8 Å². The smallest absolute Gasteiger partial charge is 0.0788 e. The highest BCUT2D eigenvalue weighted by Crippen LogP contribution is 2.42. The zero-order chi connectivity index (χ0) is 14.3. The van der Waals surface area contributed by atoms with Crippen molar-refractivity contribution in [2.45, 2.75) is 71.1 Å². The molecule has 0 radical (unpaired) electrons. The average Bonchev–Trinajstić information content (AvgIpc) is 2.76. The van der Waals surface area contributed by atoms with Gasteiger partial charge < -0.3 is 15.4 Å². The van der Waals surface area contributed by atoms with E-state index in [1.807, 2.05) is 0 Å². The summed E-state index contributed by atoms with van der Waals surface area (Å²) in [6, 6.07) is 0.132. The van der Waals surface area contributed by atoms with Crippen LogP contribution in [0.2, 0.25) is 0 Å². The maximum absolute atomic E-state index is 6.45. The highest BCUT2D eigenvalue weighted by molar-refractivity contribution is 5.05. The van der Waals surface area contributed by atoms with Crippen LogP contribution in [0.3, 0.4) is 0 Å². The van der Waals surface area contributed by atoms with E-state index in [9.17, 15) is 0 Å². The number of hydrogen-bond donors (Lipinski definition) is 1. The van der Waals surface area contributed by atoms with E-state index in [2.05, 4.69) is 39.5 Å². The lowest BCUT2D eigenvalue weighted by Crippen LogP contribution is -2.47. The second kappa shape index (κ2) is 5.34. The minimum atomic E-state index is -0.198. The van der Waals surface area contributed by atoms with Crippen molar-refractivity contribution in [3.05, 3.63) is 0 Å². The molecular formula is C16H32N2O. The van der Waals surface area contributed by atoms with E-state index in [-0.39, 0.29) is 17.2 Å². The number of ether oxygens (including phenoxy) is 1. The lowest BCUT2D eigenvalue weighted by molar-refractivity contribution is -0.0781. The fourth-order valence-corrected chi connectivity index (χ4v) is 4.07. The van der Waals surface area contributed by atoms with Gasteiger partial charge in [0.1, 0.15) is 0 Å². The molecule has 0 aliphatic carbocycles. The Labute approximate surface area is 118 Å². The van der Waals surface area contributed by atoms with E-state index in [1.165, 1.54) is 32.4 Å². The van der Waals surface area contributed by atoms with Crippen molar-refractivity contribution in [1.29, 1.82) is 0 Å². The zero-order valence-corrected chi connectivity index (χ0v) is 13.4. The largest absolute Gasteiger partial charge is 0.368 e. The number of likely N-dealkylation sites (tertiary alicyclic amines) is 1. The van der Waals surface area contributed by atoms with Crippen LogP contribution in [-0.2, 0) is 4.74 Å². The van der Waals surface area contributed by atoms with E-state index in [0.717, 1.165) is 12.5 Å². The van der Waals surface area contributed by atoms with Gasteiger partial charge in [0.2, 0.25) is 0 Å². The molecule has 2 aliphatic heterocycles. The van der Waals surface area contributed by atoms with Gasteiger partial charge in [-0.05, 0) is 53.0 Å². The van der Waals surface area contributed by atoms with Gasteiger partial charge in [-0.1, -0.05) is 13.3 Å². The standard InChI is InChI=1S/C16H32N2O/c1-6-7-12-8-9-18(10-12)11-13-14(17)16(4,5)19-15(13,2)3/h12-14H,6-11,17H2,1-5H3. The van der Waals surface area contributed by atoms with Gasteiger partial charge in [0, 0.05) is 25.0 Å². The van der Waals surface area contributed by atoms with Crippen LogP contribution < -0.4 is 5.73 Å². The molecule has 2 saturated heterocycles. The van der Waals surface area contributed by atoms with Crippen molar-refractivity contribution >= 4 is 0 Å². The molecule has 0 spiro atoms. The Morgan fingerprint density at radius 2 is 1.89 bits per heavy atom. The van der Waals surface area contributed by atoms with Gasteiger partial charge in [-0.25, -0.2) is 0 Å². The molecule has 19 heavy (non-hydrogen) atoms. The first-order valence-electron chi connectivity index (χ1n) is 7.94. The SMILES string of the molecule is CCCC1CCN(CC2C(N)C(C)(C)OC2(C)C)C1. The fraction of sp³-hybridized carbons (Fsp3) is 1.00. The maximum atomic E-state index is 6.45. The molecule has 112 valence electrons. The van der Waals surface area contributed by atoms with Crippen molar-refractivity contribution < 1.29 is 4.74 Å². The Morgan fingerprint density at radius 1 is 1.21 bits per heavy atom. The molecule has 0 aromatic rings. The van der Waals surface area contributed by atoms with E-state index in [0.29, 0.717) is 5.92 Å². The van der Waals surface area contributed by atoms with Crippen LogP contribution in [0.4, 0.5) is 0 Å². The Morgan fingerprint density at radius 3 is 2.42 bits per heavy atom.